The predicted molar refractivity (Wildman–Crippen MR) is 94.6 cm³/mol. The molecule has 6 heteroatoms. The molecule has 0 radical (unpaired) electrons. The van der Waals surface area contributed by atoms with E-state index < -0.39 is 0 Å². The molecule has 1 unspecified atom stereocenters. The smallest absolute Gasteiger partial charge is 0.253 e. The average Bonchev–Trinajstić information content (AvgIpc) is 2.61. The number of hydrogen-bond acceptors (Lipinski definition) is 4. The van der Waals surface area contributed by atoms with E-state index in [9.17, 15) is 9.59 Å². The van der Waals surface area contributed by atoms with Crippen LogP contribution in [0.4, 0.5) is 0 Å². The Morgan fingerprint density at radius 1 is 1.17 bits per heavy atom. The number of amides is 2. The molecule has 1 aliphatic rings. The molecule has 24 heavy (non-hydrogen) atoms. The maximum Gasteiger partial charge on any atom is 0.253 e. The Hall–Kier alpha value is -1.92. The fourth-order valence-electron chi connectivity index (χ4n) is 2.70. The summed E-state index contributed by atoms with van der Waals surface area (Å²) in [6.45, 7) is 7.67. The van der Waals surface area contributed by atoms with Crippen molar-refractivity contribution in [3.05, 3.63) is 35.4 Å². The quantitative estimate of drug-likeness (QED) is 0.808. The van der Waals surface area contributed by atoms with Crippen LogP contribution < -0.4 is 11.1 Å². The molecule has 1 aromatic rings. The van der Waals surface area contributed by atoms with Crippen molar-refractivity contribution in [2.24, 2.45) is 5.73 Å². The average molecular weight is 332 g/mol. The topological polar surface area (TPSA) is 78.7 Å². The molecule has 1 aliphatic heterocycles. The van der Waals surface area contributed by atoms with Crippen molar-refractivity contribution < 1.29 is 9.59 Å². The molecule has 1 fully saturated rings. The van der Waals surface area contributed by atoms with E-state index in [1.54, 1.807) is 0 Å². The van der Waals surface area contributed by atoms with E-state index in [1.165, 1.54) is 0 Å². The molecular formula is C18H28N4O2. The van der Waals surface area contributed by atoms with Gasteiger partial charge in [-0.1, -0.05) is 19.1 Å². The van der Waals surface area contributed by atoms with Crippen molar-refractivity contribution in [1.29, 1.82) is 0 Å². The molecule has 6 nitrogen and oxygen atoms in total. The Labute approximate surface area is 144 Å². The highest BCUT2D eigenvalue weighted by atomic mass is 16.2. The van der Waals surface area contributed by atoms with Crippen LogP contribution in [0.15, 0.2) is 24.3 Å². The van der Waals surface area contributed by atoms with Crippen molar-refractivity contribution >= 4 is 11.8 Å². The second-order valence-electron chi connectivity index (χ2n) is 6.35. The molecule has 0 saturated carbocycles. The first kappa shape index (κ1) is 18.4. The van der Waals surface area contributed by atoms with Crippen molar-refractivity contribution in [3.63, 3.8) is 0 Å². The first-order chi connectivity index (χ1) is 11.5. The van der Waals surface area contributed by atoms with Gasteiger partial charge in [-0.15, -0.1) is 0 Å². The van der Waals surface area contributed by atoms with Crippen LogP contribution in [-0.2, 0) is 11.3 Å². The summed E-state index contributed by atoms with van der Waals surface area (Å²) in [6, 6.07) is 7.65. The summed E-state index contributed by atoms with van der Waals surface area (Å²) >= 11 is 0. The van der Waals surface area contributed by atoms with E-state index in [2.05, 4.69) is 17.1 Å². The highest BCUT2D eigenvalue weighted by Crippen LogP contribution is 2.10. The van der Waals surface area contributed by atoms with E-state index >= 15 is 0 Å². The zero-order chi connectivity index (χ0) is 17.5. The summed E-state index contributed by atoms with van der Waals surface area (Å²) in [7, 11) is 0. The highest BCUT2D eigenvalue weighted by Gasteiger charge is 2.23. The first-order valence-corrected chi connectivity index (χ1v) is 8.63. The number of benzene rings is 1. The molecule has 3 N–H and O–H groups in total. The Balaban J connectivity index is 1.81. The predicted octanol–water partition coefficient (Wildman–Crippen LogP) is 0.818. The maximum atomic E-state index is 12.5. The molecule has 132 valence electrons. The van der Waals surface area contributed by atoms with Crippen LogP contribution in [0.5, 0.6) is 0 Å². The van der Waals surface area contributed by atoms with Gasteiger partial charge in [0.25, 0.3) is 5.91 Å². The van der Waals surface area contributed by atoms with Gasteiger partial charge < -0.3 is 16.0 Å². The van der Waals surface area contributed by atoms with Crippen LogP contribution >= 0.6 is 0 Å². The number of carbonyl (C=O) groups is 2. The molecule has 1 saturated heterocycles. The van der Waals surface area contributed by atoms with Gasteiger partial charge in [0.1, 0.15) is 0 Å². The number of carbonyl (C=O) groups excluding carboxylic acids is 2. The monoisotopic (exact) mass is 332 g/mol. The maximum absolute atomic E-state index is 12.5. The van der Waals surface area contributed by atoms with Crippen LogP contribution in [0.25, 0.3) is 0 Å². The standard InChI is InChI=1S/C18H28N4O2/c1-3-14(2)20-17(23)13-21-8-10-22(11-9-21)18(24)16-6-4-15(12-19)5-7-16/h4-7,14H,3,8-13,19H2,1-2H3,(H,20,23). The minimum absolute atomic E-state index is 0.0438. The molecular weight excluding hydrogens is 304 g/mol. The summed E-state index contributed by atoms with van der Waals surface area (Å²) in [5, 5.41) is 2.98. The number of nitrogens with one attached hydrogen (secondary N) is 1. The van der Waals surface area contributed by atoms with E-state index in [0.29, 0.717) is 31.7 Å². The summed E-state index contributed by atoms with van der Waals surface area (Å²) in [6.07, 6.45) is 0.928. The van der Waals surface area contributed by atoms with E-state index in [1.807, 2.05) is 36.1 Å². The Kier molecular flexibility index (Phi) is 6.75. The third-order valence-corrected chi connectivity index (χ3v) is 4.48. The minimum Gasteiger partial charge on any atom is -0.353 e. The number of rotatable bonds is 6. The lowest BCUT2D eigenvalue weighted by atomic mass is 10.1. The van der Waals surface area contributed by atoms with Crippen LogP contribution in [-0.4, -0.2) is 60.4 Å². The van der Waals surface area contributed by atoms with Gasteiger partial charge in [0.05, 0.1) is 6.54 Å². The Bertz CT molecular complexity index is 551. The van der Waals surface area contributed by atoms with Gasteiger partial charge in [-0.3, -0.25) is 14.5 Å². The summed E-state index contributed by atoms with van der Waals surface area (Å²) in [5.41, 5.74) is 7.29. The minimum atomic E-state index is 0.0438. The number of hydrogen-bond donors (Lipinski definition) is 2. The largest absolute Gasteiger partial charge is 0.353 e. The fraction of sp³-hybridized carbons (Fsp3) is 0.556. The van der Waals surface area contributed by atoms with E-state index in [0.717, 1.165) is 25.1 Å². The molecule has 0 aromatic heterocycles. The normalized spacial score (nSPS) is 16.7. The van der Waals surface area contributed by atoms with Crippen LogP contribution in [0.2, 0.25) is 0 Å². The van der Waals surface area contributed by atoms with Gasteiger partial charge in [-0.2, -0.15) is 0 Å². The van der Waals surface area contributed by atoms with Crippen molar-refractivity contribution in [2.45, 2.75) is 32.9 Å². The molecule has 0 aliphatic carbocycles. The SMILES string of the molecule is CCC(C)NC(=O)CN1CCN(C(=O)c2ccc(CN)cc2)CC1. The van der Waals surface area contributed by atoms with Crippen LogP contribution in [0.3, 0.4) is 0 Å². The second-order valence-corrected chi connectivity index (χ2v) is 6.35. The van der Waals surface area contributed by atoms with Crippen LogP contribution in [0.1, 0.15) is 36.2 Å². The first-order valence-electron chi connectivity index (χ1n) is 8.63. The summed E-state index contributed by atoms with van der Waals surface area (Å²) in [5.74, 6) is 0.101. The van der Waals surface area contributed by atoms with Gasteiger partial charge in [0.2, 0.25) is 5.91 Å². The van der Waals surface area contributed by atoms with Gasteiger partial charge in [-0.25, -0.2) is 0 Å². The van der Waals surface area contributed by atoms with Crippen molar-refractivity contribution in [2.75, 3.05) is 32.7 Å². The molecule has 0 spiro atoms. The zero-order valence-corrected chi connectivity index (χ0v) is 14.6. The Morgan fingerprint density at radius 2 is 1.79 bits per heavy atom. The van der Waals surface area contributed by atoms with Gasteiger partial charge >= 0.3 is 0 Å². The summed E-state index contributed by atoms with van der Waals surface area (Å²) < 4.78 is 0. The van der Waals surface area contributed by atoms with Gasteiger partial charge in [0, 0.05) is 44.3 Å². The summed E-state index contributed by atoms with van der Waals surface area (Å²) in [4.78, 5) is 28.4. The molecule has 1 aromatic carbocycles. The van der Waals surface area contributed by atoms with Crippen molar-refractivity contribution in [3.8, 4) is 0 Å². The zero-order valence-electron chi connectivity index (χ0n) is 14.6. The number of piperazine rings is 1. The number of nitrogens with zero attached hydrogens (tertiary/aromatic N) is 2. The molecule has 1 atom stereocenters. The Morgan fingerprint density at radius 3 is 2.33 bits per heavy atom. The molecule has 1 heterocycles. The fourth-order valence-corrected chi connectivity index (χ4v) is 2.70. The van der Waals surface area contributed by atoms with E-state index in [4.69, 9.17) is 5.73 Å². The lowest BCUT2D eigenvalue weighted by Gasteiger charge is -2.34. The lowest BCUT2D eigenvalue weighted by molar-refractivity contribution is -0.123. The lowest BCUT2D eigenvalue weighted by Crippen LogP contribution is -2.51. The third kappa shape index (κ3) is 5.04. The highest BCUT2D eigenvalue weighted by molar-refractivity contribution is 5.94. The van der Waals surface area contributed by atoms with Crippen LogP contribution in [0, 0.1) is 0 Å². The third-order valence-electron chi connectivity index (χ3n) is 4.48. The van der Waals surface area contributed by atoms with Gasteiger partial charge in [-0.05, 0) is 31.0 Å². The second kappa shape index (κ2) is 8.80. The molecule has 0 bridgehead atoms. The molecule has 2 amide bonds. The van der Waals surface area contributed by atoms with E-state index in [-0.39, 0.29) is 17.9 Å². The number of nitrogens with two attached hydrogens (primary N) is 1. The van der Waals surface area contributed by atoms with Crippen molar-refractivity contribution in [1.82, 2.24) is 15.1 Å². The molecule has 2 rings (SSSR count). The van der Waals surface area contributed by atoms with Gasteiger partial charge in [0.15, 0.2) is 0 Å².